The van der Waals surface area contributed by atoms with E-state index in [0.717, 1.165) is 15.3 Å². The molecule has 1 heterocycles. The Morgan fingerprint density at radius 1 is 1.11 bits per heavy atom. The van der Waals surface area contributed by atoms with Crippen molar-refractivity contribution in [3.05, 3.63) is 39.1 Å². The molecule has 98 valence electrons. The predicted molar refractivity (Wildman–Crippen MR) is 76.0 cm³/mol. The van der Waals surface area contributed by atoms with Gasteiger partial charge in [-0.15, -0.1) is 0 Å². The molecule has 0 N–H and O–H groups in total. The normalized spacial score (nSPS) is 12.9. The third-order valence-electron chi connectivity index (χ3n) is 2.62. The van der Waals surface area contributed by atoms with E-state index in [4.69, 9.17) is 0 Å². The van der Waals surface area contributed by atoms with Crippen LogP contribution in [0.1, 0.15) is 11.3 Å². The molecule has 0 saturated heterocycles. The van der Waals surface area contributed by atoms with Gasteiger partial charge in [-0.25, -0.2) is 0 Å². The number of nitrogens with zero attached hydrogens (tertiary/aromatic N) is 1. The summed E-state index contributed by atoms with van der Waals surface area (Å²) in [5.41, 5.74) is 0.923. The molecule has 2 aromatic rings. The van der Waals surface area contributed by atoms with E-state index in [-0.39, 0.29) is 0 Å². The van der Waals surface area contributed by atoms with Crippen LogP contribution in [0.25, 0.3) is 10.9 Å². The van der Waals surface area contributed by atoms with Crippen LogP contribution in [0.5, 0.6) is 0 Å². The van der Waals surface area contributed by atoms with Gasteiger partial charge in [0.1, 0.15) is 0 Å². The molecular formula is C13H13F3IN. The molecule has 1 aromatic heterocycles. The number of pyridine rings is 1. The monoisotopic (exact) mass is 367 g/mol. The molecular weight excluding hydrogens is 354 g/mol. The van der Waals surface area contributed by atoms with Gasteiger partial charge in [-0.05, 0) is 0 Å². The van der Waals surface area contributed by atoms with Gasteiger partial charge in [-0.1, -0.05) is 0 Å². The fraction of sp³-hybridized carbons (Fsp3) is 0.308. The van der Waals surface area contributed by atoms with Crippen LogP contribution in [0.3, 0.4) is 0 Å². The summed E-state index contributed by atoms with van der Waals surface area (Å²) < 4.78 is 39.2. The molecule has 0 fully saturated rings. The zero-order valence-corrected chi connectivity index (χ0v) is 12.4. The zero-order valence-electron chi connectivity index (χ0n) is 10.3. The molecule has 0 radical (unpaired) electrons. The van der Waals surface area contributed by atoms with Crippen LogP contribution in [-0.2, 0) is 6.18 Å². The average Bonchev–Trinajstić information content (AvgIpc) is 2.25. The third kappa shape index (κ3) is 2.60. The number of alkyl halides is 5. The topological polar surface area (TPSA) is 12.9 Å². The van der Waals surface area contributed by atoms with Crippen molar-refractivity contribution in [1.82, 2.24) is 4.98 Å². The van der Waals surface area contributed by atoms with E-state index < -0.39 is 31.6 Å². The maximum absolute atomic E-state index is 12.7. The maximum atomic E-state index is 12.7. The molecule has 2 rings (SSSR count). The molecule has 0 amide bonds. The van der Waals surface area contributed by atoms with Crippen molar-refractivity contribution >= 4 is 30.7 Å². The first-order chi connectivity index (χ1) is 8.29. The van der Waals surface area contributed by atoms with E-state index in [9.17, 15) is 13.2 Å². The minimum absolute atomic E-state index is 0.598. The summed E-state index contributed by atoms with van der Waals surface area (Å²) in [6.45, 7) is 1.88. The summed E-state index contributed by atoms with van der Waals surface area (Å²) in [5, 5.41) is 0.658. The van der Waals surface area contributed by atoms with E-state index in [1.165, 1.54) is 12.1 Å². The predicted octanol–water partition coefficient (Wildman–Crippen LogP) is 4.50. The van der Waals surface area contributed by atoms with Crippen LogP contribution >= 0.6 is 19.8 Å². The van der Waals surface area contributed by atoms with Gasteiger partial charge in [-0.3, -0.25) is 0 Å². The van der Waals surface area contributed by atoms with E-state index in [1.807, 2.05) is 13.0 Å². The molecule has 0 unspecified atom stereocenters. The average molecular weight is 367 g/mol. The third-order valence-corrected chi connectivity index (χ3v) is 5.84. The van der Waals surface area contributed by atoms with Crippen molar-refractivity contribution < 1.29 is 13.2 Å². The molecule has 18 heavy (non-hydrogen) atoms. The quantitative estimate of drug-likeness (QED) is 0.534. The molecule has 0 bridgehead atoms. The molecule has 0 atom stereocenters. The Kier molecular flexibility index (Phi) is 3.53. The molecule has 5 heteroatoms. The van der Waals surface area contributed by atoms with E-state index in [1.54, 1.807) is 0 Å². The Balaban J connectivity index is 2.75. The Morgan fingerprint density at radius 3 is 2.33 bits per heavy atom. The number of hydrogen-bond donors (Lipinski definition) is 0. The number of fused-ring (bicyclic) bond motifs is 1. The Morgan fingerprint density at radius 2 is 1.78 bits per heavy atom. The number of rotatable bonds is 1. The van der Waals surface area contributed by atoms with Crippen molar-refractivity contribution in [3.8, 4) is 0 Å². The molecule has 1 aromatic carbocycles. The van der Waals surface area contributed by atoms with Gasteiger partial charge in [0, 0.05) is 0 Å². The number of aromatic nitrogens is 1. The van der Waals surface area contributed by atoms with Crippen LogP contribution in [0.4, 0.5) is 13.2 Å². The first-order valence-electron chi connectivity index (χ1n) is 5.27. The second kappa shape index (κ2) is 4.68. The van der Waals surface area contributed by atoms with Crippen LogP contribution < -0.4 is 0 Å². The Bertz CT molecular complexity index is 591. The van der Waals surface area contributed by atoms with Gasteiger partial charge in [0.15, 0.2) is 0 Å². The fourth-order valence-electron chi connectivity index (χ4n) is 1.80. The molecule has 0 saturated carbocycles. The molecule has 0 spiro atoms. The summed E-state index contributed by atoms with van der Waals surface area (Å²) in [6, 6.07) is 5.72. The van der Waals surface area contributed by atoms with E-state index in [2.05, 4.69) is 14.8 Å². The Labute approximate surface area is 111 Å². The summed E-state index contributed by atoms with van der Waals surface area (Å²) in [6.07, 6.45) is -4.29. The number of benzene rings is 1. The second-order valence-corrected chi connectivity index (χ2v) is 9.71. The minimum atomic E-state index is -4.29. The van der Waals surface area contributed by atoms with Crippen LogP contribution in [0.15, 0.2) is 24.3 Å². The summed E-state index contributed by atoms with van der Waals surface area (Å²) >= 11 is -1.36. The van der Waals surface area contributed by atoms with Gasteiger partial charge < -0.3 is 0 Å². The first kappa shape index (κ1) is 13.6. The molecule has 0 aliphatic heterocycles. The van der Waals surface area contributed by atoms with Crippen molar-refractivity contribution in [2.75, 3.05) is 9.86 Å². The Hall–Kier alpha value is -0.850. The SMILES string of the molecule is Cc1cc(I(C)C)c2cc(C(F)(F)F)ccc2n1. The van der Waals surface area contributed by atoms with Crippen LogP contribution in [0, 0.1) is 10.5 Å². The standard InChI is InChI=1S/C13H13F3IN/c1-8-6-11(17(2)3)10-7-9(13(14,15)16)4-5-12(10)18-8/h4-7H,1-3H3. The zero-order chi connectivity index (χ0) is 13.5. The molecule has 0 aliphatic carbocycles. The second-order valence-electron chi connectivity index (χ2n) is 4.23. The van der Waals surface area contributed by atoms with Crippen molar-refractivity contribution in [2.24, 2.45) is 0 Å². The fourth-order valence-corrected chi connectivity index (χ4v) is 4.46. The van der Waals surface area contributed by atoms with Crippen LogP contribution in [0.2, 0.25) is 0 Å². The number of halogens is 4. The first-order valence-corrected chi connectivity index (χ1v) is 10.7. The summed E-state index contributed by atoms with van der Waals surface area (Å²) in [7, 11) is 0. The van der Waals surface area contributed by atoms with Gasteiger partial charge in [0.25, 0.3) is 0 Å². The van der Waals surface area contributed by atoms with E-state index >= 15 is 0 Å². The van der Waals surface area contributed by atoms with Gasteiger partial charge >= 0.3 is 111 Å². The van der Waals surface area contributed by atoms with Crippen molar-refractivity contribution in [2.45, 2.75) is 13.1 Å². The van der Waals surface area contributed by atoms with E-state index in [0.29, 0.717) is 10.9 Å². The van der Waals surface area contributed by atoms with Gasteiger partial charge in [0.2, 0.25) is 0 Å². The number of aryl methyl sites for hydroxylation is 1. The van der Waals surface area contributed by atoms with Crippen molar-refractivity contribution in [3.63, 3.8) is 0 Å². The number of hydrogen-bond acceptors (Lipinski definition) is 1. The molecule has 0 aliphatic rings. The summed E-state index contributed by atoms with van der Waals surface area (Å²) in [5.74, 6) is 0. The van der Waals surface area contributed by atoms with Gasteiger partial charge in [0.05, 0.1) is 0 Å². The van der Waals surface area contributed by atoms with Gasteiger partial charge in [-0.2, -0.15) is 0 Å². The summed E-state index contributed by atoms with van der Waals surface area (Å²) in [4.78, 5) is 8.55. The van der Waals surface area contributed by atoms with Crippen LogP contribution in [-0.4, -0.2) is 14.8 Å². The molecule has 1 nitrogen and oxygen atoms in total. The van der Waals surface area contributed by atoms with Crippen molar-refractivity contribution in [1.29, 1.82) is 0 Å².